The maximum atomic E-state index is 11.3. The van der Waals surface area contributed by atoms with Crippen molar-refractivity contribution < 1.29 is 15.0 Å². The summed E-state index contributed by atoms with van der Waals surface area (Å²) in [6.07, 6.45) is 2.38. The molecule has 0 aliphatic heterocycles. The van der Waals surface area contributed by atoms with E-state index in [9.17, 15) is 15.0 Å². The molecule has 5 heteroatoms. The second-order valence-corrected chi connectivity index (χ2v) is 5.16. The number of carbonyl (C=O) groups is 1. The molecule has 20 heavy (non-hydrogen) atoms. The Kier molecular flexibility index (Phi) is 2.97. The van der Waals surface area contributed by atoms with Gasteiger partial charge in [-0.3, -0.25) is 4.79 Å². The third-order valence-electron chi connectivity index (χ3n) is 3.90. The first kappa shape index (κ1) is 12.7. The number of carboxylic acid groups (broad SMARTS) is 1. The van der Waals surface area contributed by atoms with Crippen LogP contribution in [0.3, 0.4) is 0 Å². The molecule has 0 spiro atoms. The van der Waals surface area contributed by atoms with E-state index in [-0.39, 0.29) is 5.75 Å². The number of carboxylic acids is 1. The van der Waals surface area contributed by atoms with Crippen LogP contribution in [0.1, 0.15) is 30.1 Å². The maximum Gasteiger partial charge on any atom is 0.312 e. The van der Waals surface area contributed by atoms with E-state index in [2.05, 4.69) is 4.98 Å². The number of phenols is 1. The molecule has 1 aliphatic rings. The van der Waals surface area contributed by atoms with Gasteiger partial charge in [-0.2, -0.15) is 0 Å². The van der Waals surface area contributed by atoms with E-state index in [0.717, 1.165) is 29.9 Å². The second-order valence-electron chi connectivity index (χ2n) is 5.16. The zero-order valence-electron chi connectivity index (χ0n) is 11.2. The number of phenolic OH excluding ortho intramolecular Hbond substituents is 1. The van der Waals surface area contributed by atoms with Gasteiger partial charge in [0.2, 0.25) is 0 Å². The highest BCUT2D eigenvalue weighted by Gasteiger charge is 2.31. The third kappa shape index (κ3) is 1.95. The number of aliphatic carboxylic acids is 1. The first-order valence-corrected chi connectivity index (χ1v) is 6.65. The molecule has 0 radical (unpaired) electrons. The minimum absolute atomic E-state index is 0.205. The average Bonchev–Trinajstić information content (AvgIpc) is 2.77. The van der Waals surface area contributed by atoms with Gasteiger partial charge < -0.3 is 14.8 Å². The third-order valence-corrected chi connectivity index (χ3v) is 3.90. The number of aromatic hydroxyl groups is 1. The molecular weight excluding hydrogens is 256 g/mol. The summed E-state index contributed by atoms with van der Waals surface area (Å²) in [5, 5.41) is 18.7. The van der Waals surface area contributed by atoms with Crippen LogP contribution in [0, 0.1) is 0 Å². The second kappa shape index (κ2) is 4.67. The quantitative estimate of drug-likeness (QED) is 0.879. The maximum absolute atomic E-state index is 11.3. The van der Waals surface area contributed by atoms with E-state index in [1.54, 1.807) is 24.3 Å². The normalized spacial score (nSPS) is 17.8. The first-order valence-electron chi connectivity index (χ1n) is 6.65. The number of hydrogen-bond donors (Lipinski definition) is 2. The molecule has 5 nitrogen and oxygen atoms in total. The van der Waals surface area contributed by atoms with Crippen molar-refractivity contribution >= 4 is 5.97 Å². The van der Waals surface area contributed by atoms with E-state index in [0.29, 0.717) is 12.1 Å². The molecule has 3 rings (SSSR count). The molecular formula is C15H16N2O3. The molecule has 1 aliphatic carbocycles. The summed E-state index contributed by atoms with van der Waals surface area (Å²) < 4.78 is 1.97. The van der Waals surface area contributed by atoms with Gasteiger partial charge in [0.15, 0.2) is 0 Å². The molecule has 1 heterocycles. The number of imidazole rings is 1. The van der Waals surface area contributed by atoms with Gasteiger partial charge in [-0.15, -0.1) is 0 Å². The lowest BCUT2D eigenvalue weighted by atomic mass is 9.90. The summed E-state index contributed by atoms with van der Waals surface area (Å²) in [7, 11) is 1.91. The Morgan fingerprint density at radius 3 is 2.70 bits per heavy atom. The Labute approximate surface area is 116 Å². The van der Waals surface area contributed by atoms with Gasteiger partial charge in [0, 0.05) is 18.3 Å². The zero-order chi connectivity index (χ0) is 14.3. The van der Waals surface area contributed by atoms with Crippen molar-refractivity contribution in [2.24, 2.45) is 7.05 Å². The highest BCUT2D eigenvalue weighted by atomic mass is 16.4. The Balaban J connectivity index is 2.10. The fraction of sp³-hybridized carbons (Fsp3) is 0.333. The van der Waals surface area contributed by atoms with Crippen LogP contribution in [0.5, 0.6) is 5.75 Å². The average molecular weight is 272 g/mol. The van der Waals surface area contributed by atoms with Crippen LogP contribution in [0.2, 0.25) is 0 Å². The Morgan fingerprint density at radius 1 is 1.35 bits per heavy atom. The van der Waals surface area contributed by atoms with E-state index < -0.39 is 11.9 Å². The number of fused-ring (bicyclic) bond motifs is 1. The number of nitrogens with zero attached hydrogens (tertiary/aromatic N) is 2. The smallest absolute Gasteiger partial charge is 0.312 e. The van der Waals surface area contributed by atoms with Gasteiger partial charge in [0.1, 0.15) is 17.5 Å². The van der Waals surface area contributed by atoms with Crippen molar-refractivity contribution in [3.05, 3.63) is 35.7 Å². The van der Waals surface area contributed by atoms with Gasteiger partial charge in [-0.05, 0) is 43.5 Å². The van der Waals surface area contributed by atoms with Gasteiger partial charge >= 0.3 is 5.97 Å². The summed E-state index contributed by atoms with van der Waals surface area (Å²) in [6, 6.07) is 6.80. The lowest BCUT2D eigenvalue weighted by Gasteiger charge is -2.18. The topological polar surface area (TPSA) is 75.3 Å². The Morgan fingerprint density at radius 2 is 2.05 bits per heavy atom. The molecule has 2 aromatic rings. The van der Waals surface area contributed by atoms with Gasteiger partial charge in [-0.1, -0.05) is 0 Å². The van der Waals surface area contributed by atoms with E-state index in [1.807, 2.05) is 11.6 Å². The van der Waals surface area contributed by atoms with Gasteiger partial charge in [0.05, 0.1) is 5.69 Å². The van der Waals surface area contributed by atoms with Crippen LogP contribution < -0.4 is 0 Å². The predicted octanol–water partition coefficient (Wildman–Crippen LogP) is 2.30. The molecule has 1 aromatic carbocycles. The molecule has 0 fully saturated rings. The van der Waals surface area contributed by atoms with E-state index in [4.69, 9.17) is 0 Å². The number of rotatable bonds is 2. The van der Waals surface area contributed by atoms with E-state index >= 15 is 0 Å². The summed E-state index contributed by atoms with van der Waals surface area (Å²) >= 11 is 0. The number of benzene rings is 1. The lowest BCUT2D eigenvalue weighted by molar-refractivity contribution is -0.139. The minimum Gasteiger partial charge on any atom is -0.508 e. The largest absolute Gasteiger partial charge is 0.508 e. The molecule has 0 amide bonds. The Bertz CT molecular complexity index is 659. The van der Waals surface area contributed by atoms with Crippen LogP contribution in [0.25, 0.3) is 11.4 Å². The standard InChI is InChI=1S/C15H16N2O3/c1-17-12-4-2-3-11(15(19)20)13(12)16-14(17)9-5-7-10(18)8-6-9/h5-8,11,18H,2-4H2,1H3,(H,19,20). The summed E-state index contributed by atoms with van der Waals surface area (Å²) in [4.78, 5) is 15.9. The lowest BCUT2D eigenvalue weighted by Crippen LogP contribution is -2.18. The molecule has 1 aromatic heterocycles. The first-order chi connectivity index (χ1) is 9.58. The van der Waals surface area contributed by atoms with E-state index in [1.165, 1.54) is 0 Å². The fourth-order valence-corrected chi connectivity index (χ4v) is 2.85. The zero-order valence-corrected chi connectivity index (χ0v) is 11.2. The summed E-state index contributed by atoms with van der Waals surface area (Å²) in [6.45, 7) is 0. The van der Waals surface area contributed by atoms with Crippen molar-refractivity contribution in [3.8, 4) is 17.1 Å². The Hall–Kier alpha value is -2.30. The molecule has 2 N–H and O–H groups in total. The highest BCUT2D eigenvalue weighted by Crippen LogP contribution is 2.34. The van der Waals surface area contributed by atoms with Crippen molar-refractivity contribution in [1.29, 1.82) is 0 Å². The molecule has 0 saturated heterocycles. The van der Waals surface area contributed by atoms with Crippen LogP contribution in [0.15, 0.2) is 24.3 Å². The van der Waals surface area contributed by atoms with Gasteiger partial charge in [-0.25, -0.2) is 4.98 Å². The fourth-order valence-electron chi connectivity index (χ4n) is 2.85. The van der Waals surface area contributed by atoms with Crippen molar-refractivity contribution in [2.45, 2.75) is 25.2 Å². The van der Waals surface area contributed by atoms with Crippen molar-refractivity contribution in [2.75, 3.05) is 0 Å². The van der Waals surface area contributed by atoms with Crippen molar-refractivity contribution in [1.82, 2.24) is 9.55 Å². The summed E-state index contributed by atoms with van der Waals surface area (Å²) in [5.74, 6) is -0.351. The molecule has 0 saturated carbocycles. The SMILES string of the molecule is Cn1c(-c2ccc(O)cc2)nc2c1CCCC2C(=O)O. The van der Waals surface area contributed by atoms with Crippen LogP contribution in [-0.2, 0) is 18.3 Å². The number of hydrogen-bond acceptors (Lipinski definition) is 3. The minimum atomic E-state index is -0.804. The van der Waals surface area contributed by atoms with Crippen LogP contribution in [-0.4, -0.2) is 25.7 Å². The van der Waals surface area contributed by atoms with Crippen LogP contribution >= 0.6 is 0 Å². The van der Waals surface area contributed by atoms with Crippen LogP contribution in [0.4, 0.5) is 0 Å². The molecule has 1 unspecified atom stereocenters. The summed E-state index contributed by atoms with van der Waals surface area (Å²) in [5.41, 5.74) is 2.57. The molecule has 104 valence electrons. The van der Waals surface area contributed by atoms with Gasteiger partial charge in [0.25, 0.3) is 0 Å². The van der Waals surface area contributed by atoms with Crippen molar-refractivity contribution in [3.63, 3.8) is 0 Å². The monoisotopic (exact) mass is 272 g/mol. The predicted molar refractivity (Wildman–Crippen MR) is 73.6 cm³/mol. The molecule has 1 atom stereocenters. The number of aromatic nitrogens is 2. The highest BCUT2D eigenvalue weighted by molar-refractivity contribution is 5.76. The molecule has 0 bridgehead atoms.